The van der Waals surface area contributed by atoms with E-state index in [-0.39, 0.29) is 11.9 Å². The molecule has 0 bridgehead atoms. The number of ether oxygens (including phenoxy) is 1. The van der Waals surface area contributed by atoms with E-state index >= 15 is 0 Å². The molecule has 0 spiro atoms. The van der Waals surface area contributed by atoms with Crippen LogP contribution >= 0.6 is 15.9 Å². The van der Waals surface area contributed by atoms with Crippen molar-refractivity contribution in [2.24, 2.45) is 0 Å². The van der Waals surface area contributed by atoms with Crippen molar-refractivity contribution < 1.29 is 13.2 Å². The molecular weight excluding hydrogens is 318 g/mol. The maximum Gasteiger partial charge on any atom is 0.214 e. The molecule has 1 aliphatic rings. The molecule has 1 fully saturated rings. The highest BCUT2D eigenvalue weighted by Crippen LogP contribution is 2.25. The van der Waals surface area contributed by atoms with Gasteiger partial charge in [-0.15, -0.1) is 0 Å². The van der Waals surface area contributed by atoms with Gasteiger partial charge in [0.15, 0.2) is 0 Å². The molecule has 1 aromatic rings. The zero-order chi connectivity index (χ0) is 13.2. The minimum absolute atomic E-state index is 0.137. The number of halogens is 1. The molecule has 1 aromatic carbocycles. The smallest absolute Gasteiger partial charge is 0.214 e. The highest BCUT2D eigenvalue weighted by Gasteiger charge is 2.29. The summed E-state index contributed by atoms with van der Waals surface area (Å²) in [6.07, 6.45) is -0.183. The predicted molar refractivity (Wildman–Crippen MR) is 73.9 cm³/mol. The molecule has 0 saturated carbocycles. The van der Waals surface area contributed by atoms with Gasteiger partial charge in [-0.05, 0) is 24.6 Å². The fourth-order valence-electron chi connectivity index (χ4n) is 1.97. The van der Waals surface area contributed by atoms with Gasteiger partial charge in [-0.25, -0.2) is 8.42 Å². The van der Waals surface area contributed by atoms with Crippen LogP contribution in [0.4, 0.5) is 0 Å². The maximum atomic E-state index is 11.9. The number of hydrogen-bond donors (Lipinski definition) is 0. The van der Waals surface area contributed by atoms with Crippen LogP contribution in [0.2, 0.25) is 0 Å². The normalized spacial score (nSPS) is 22.0. The summed E-state index contributed by atoms with van der Waals surface area (Å²) in [4.78, 5) is 0. The van der Waals surface area contributed by atoms with Crippen molar-refractivity contribution in [2.45, 2.75) is 13.0 Å². The molecule has 2 rings (SSSR count). The van der Waals surface area contributed by atoms with Crippen LogP contribution in [0.25, 0.3) is 0 Å². The minimum Gasteiger partial charge on any atom is -0.371 e. The summed E-state index contributed by atoms with van der Waals surface area (Å²) in [7, 11) is -3.13. The van der Waals surface area contributed by atoms with Crippen molar-refractivity contribution >= 4 is 26.0 Å². The number of hydrogen-bond acceptors (Lipinski definition) is 3. The Morgan fingerprint density at radius 2 is 2.28 bits per heavy atom. The molecule has 18 heavy (non-hydrogen) atoms. The molecule has 4 nitrogen and oxygen atoms in total. The molecule has 0 N–H and O–H groups in total. The lowest BCUT2D eigenvalue weighted by Gasteiger charge is -2.32. The third kappa shape index (κ3) is 3.12. The molecule has 1 unspecified atom stereocenters. The van der Waals surface area contributed by atoms with Gasteiger partial charge in [0, 0.05) is 17.6 Å². The van der Waals surface area contributed by atoms with Crippen LogP contribution in [0, 0.1) is 0 Å². The van der Waals surface area contributed by atoms with Crippen LogP contribution in [0.15, 0.2) is 28.7 Å². The SMILES string of the molecule is CCS(=O)(=O)N1CCOC(c2cccc(Br)c2)C1. The third-order valence-electron chi connectivity index (χ3n) is 3.01. The Kier molecular flexibility index (Phi) is 4.42. The van der Waals surface area contributed by atoms with E-state index in [4.69, 9.17) is 4.74 Å². The van der Waals surface area contributed by atoms with Gasteiger partial charge in [-0.1, -0.05) is 28.1 Å². The largest absolute Gasteiger partial charge is 0.371 e. The Bertz CT molecular complexity index is 518. The lowest BCUT2D eigenvalue weighted by atomic mass is 10.1. The Hall–Kier alpha value is -0.430. The van der Waals surface area contributed by atoms with Crippen molar-refractivity contribution in [3.63, 3.8) is 0 Å². The molecule has 1 saturated heterocycles. The van der Waals surface area contributed by atoms with Gasteiger partial charge in [0.2, 0.25) is 10.0 Å². The van der Waals surface area contributed by atoms with Crippen LogP contribution < -0.4 is 0 Å². The fourth-order valence-corrected chi connectivity index (χ4v) is 3.47. The first-order valence-corrected chi connectivity index (χ1v) is 8.28. The Labute approximate surface area is 116 Å². The average Bonchev–Trinajstić information content (AvgIpc) is 2.39. The van der Waals surface area contributed by atoms with E-state index in [9.17, 15) is 8.42 Å². The molecular formula is C12H16BrNO3S. The van der Waals surface area contributed by atoms with Crippen LogP contribution in [0.3, 0.4) is 0 Å². The third-order valence-corrected chi connectivity index (χ3v) is 5.35. The van der Waals surface area contributed by atoms with E-state index in [0.29, 0.717) is 19.7 Å². The van der Waals surface area contributed by atoms with E-state index < -0.39 is 10.0 Å². The first-order chi connectivity index (χ1) is 8.53. The average molecular weight is 334 g/mol. The van der Waals surface area contributed by atoms with Gasteiger partial charge in [-0.2, -0.15) is 4.31 Å². The number of morpholine rings is 1. The highest BCUT2D eigenvalue weighted by molar-refractivity contribution is 9.10. The van der Waals surface area contributed by atoms with E-state index in [1.54, 1.807) is 6.92 Å². The van der Waals surface area contributed by atoms with Crippen LogP contribution in [-0.4, -0.2) is 38.2 Å². The maximum absolute atomic E-state index is 11.9. The Balaban J connectivity index is 2.17. The highest BCUT2D eigenvalue weighted by atomic mass is 79.9. The lowest BCUT2D eigenvalue weighted by Crippen LogP contribution is -2.42. The van der Waals surface area contributed by atoms with Gasteiger partial charge < -0.3 is 4.74 Å². The summed E-state index contributed by atoms with van der Waals surface area (Å²) in [6.45, 7) is 2.95. The molecule has 0 amide bonds. The second-order valence-electron chi connectivity index (χ2n) is 4.17. The summed E-state index contributed by atoms with van der Waals surface area (Å²) in [5.74, 6) is 0.137. The molecule has 1 atom stereocenters. The van der Waals surface area contributed by atoms with Crippen molar-refractivity contribution in [1.82, 2.24) is 4.31 Å². The molecule has 1 heterocycles. The Morgan fingerprint density at radius 1 is 1.50 bits per heavy atom. The second-order valence-corrected chi connectivity index (χ2v) is 7.35. The second kappa shape index (κ2) is 5.69. The van der Waals surface area contributed by atoms with Crippen LogP contribution in [0.1, 0.15) is 18.6 Å². The van der Waals surface area contributed by atoms with Crippen LogP contribution in [0.5, 0.6) is 0 Å². The molecule has 100 valence electrons. The first-order valence-electron chi connectivity index (χ1n) is 5.88. The first kappa shape index (κ1) is 14.0. The monoisotopic (exact) mass is 333 g/mol. The summed E-state index contributed by atoms with van der Waals surface area (Å²) in [5, 5.41) is 0. The fraction of sp³-hybridized carbons (Fsp3) is 0.500. The van der Waals surface area contributed by atoms with Crippen molar-refractivity contribution in [3.8, 4) is 0 Å². The molecule has 1 aliphatic heterocycles. The zero-order valence-corrected chi connectivity index (χ0v) is 12.6. The summed E-state index contributed by atoms with van der Waals surface area (Å²) in [6, 6.07) is 7.78. The van der Waals surface area contributed by atoms with Gasteiger partial charge in [0.1, 0.15) is 0 Å². The number of nitrogens with zero attached hydrogens (tertiary/aromatic N) is 1. The van der Waals surface area contributed by atoms with Gasteiger partial charge >= 0.3 is 0 Å². The number of benzene rings is 1. The topological polar surface area (TPSA) is 46.6 Å². The Morgan fingerprint density at radius 3 is 2.94 bits per heavy atom. The molecule has 6 heteroatoms. The van der Waals surface area contributed by atoms with E-state index in [2.05, 4.69) is 15.9 Å². The standard InChI is InChI=1S/C12H16BrNO3S/c1-2-18(15,16)14-6-7-17-12(9-14)10-4-3-5-11(13)8-10/h3-5,8,12H,2,6-7,9H2,1H3. The van der Waals surface area contributed by atoms with Crippen molar-refractivity contribution in [3.05, 3.63) is 34.3 Å². The molecule has 0 aromatic heterocycles. The zero-order valence-electron chi connectivity index (χ0n) is 10.2. The van der Waals surface area contributed by atoms with E-state index in [1.165, 1.54) is 4.31 Å². The van der Waals surface area contributed by atoms with Gasteiger partial charge in [0.05, 0.1) is 18.5 Å². The van der Waals surface area contributed by atoms with Gasteiger partial charge in [-0.3, -0.25) is 0 Å². The van der Waals surface area contributed by atoms with Gasteiger partial charge in [0.25, 0.3) is 0 Å². The minimum atomic E-state index is -3.13. The van der Waals surface area contributed by atoms with E-state index in [1.807, 2.05) is 24.3 Å². The van der Waals surface area contributed by atoms with Crippen molar-refractivity contribution in [2.75, 3.05) is 25.4 Å². The summed E-state index contributed by atoms with van der Waals surface area (Å²) < 4.78 is 31.9. The molecule has 0 aliphatic carbocycles. The predicted octanol–water partition coefficient (Wildman–Crippen LogP) is 2.17. The number of rotatable bonds is 3. The number of sulfonamides is 1. The lowest BCUT2D eigenvalue weighted by molar-refractivity contribution is -0.00253. The quantitative estimate of drug-likeness (QED) is 0.851. The molecule has 0 radical (unpaired) electrons. The summed E-state index contributed by atoms with van der Waals surface area (Å²) in [5.41, 5.74) is 1.00. The summed E-state index contributed by atoms with van der Waals surface area (Å²) >= 11 is 3.41. The van der Waals surface area contributed by atoms with Crippen LogP contribution in [-0.2, 0) is 14.8 Å². The van der Waals surface area contributed by atoms with Crippen molar-refractivity contribution in [1.29, 1.82) is 0 Å². The van der Waals surface area contributed by atoms with E-state index in [0.717, 1.165) is 10.0 Å².